The molecular weight excluding hydrogens is 276 g/mol. The van der Waals surface area contributed by atoms with Gasteiger partial charge in [-0.05, 0) is 17.2 Å². The molecule has 1 aliphatic rings. The number of aliphatic hydroxyl groups is 2. The van der Waals surface area contributed by atoms with Crippen molar-refractivity contribution in [2.75, 3.05) is 0 Å². The Labute approximate surface area is 128 Å². The van der Waals surface area contributed by atoms with Gasteiger partial charge < -0.3 is 10.2 Å². The average molecular weight is 292 g/mol. The number of carbonyl (C=O) groups is 1. The van der Waals surface area contributed by atoms with E-state index in [9.17, 15) is 15.0 Å². The Bertz CT molecular complexity index is 755. The third kappa shape index (κ3) is 2.91. The van der Waals surface area contributed by atoms with Crippen molar-refractivity contribution in [1.29, 1.82) is 0 Å². The topological polar surface area (TPSA) is 57.5 Å². The first-order valence-electron chi connectivity index (χ1n) is 7.10. The van der Waals surface area contributed by atoms with Crippen LogP contribution in [0.1, 0.15) is 27.9 Å². The molecule has 2 aromatic rings. The van der Waals surface area contributed by atoms with Crippen LogP contribution in [-0.4, -0.2) is 21.8 Å². The van der Waals surface area contributed by atoms with Crippen LogP contribution in [0.2, 0.25) is 0 Å². The fourth-order valence-corrected chi connectivity index (χ4v) is 2.50. The summed E-state index contributed by atoms with van der Waals surface area (Å²) >= 11 is 0. The zero-order valence-corrected chi connectivity index (χ0v) is 11.9. The van der Waals surface area contributed by atoms with E-state index in [4.69, 9.17) is 0 Å². The molecular formula is C19H16O3. The quantitative estimate of drug-likeness (QED) is 0.675. The van der Waals surface area contributed by atoms with Crippen LogP contribution in [0.5, 0.6) is 0 Å². The number of rotatable bonds is 3. The summed E-state index contributed by atoms with van der Waals surface area (Å²) in [6.45, 7) is 0. The maximum absolute atomic E-state index is 12.7. The first-order valence-corrected chi connectivity index (χ1v) is 7.10. The number of carbonyl (C=O) groups excluding carboxylic acids is 1. The molecule has 0 bridgehead atoms. The van der Waals surface area contributed by atoms with E-state index in [0.29, 0.717) is 11.1 Å². The van der Waals surface area contributed by atoms with E-state index in [1.807, 2.05) is 36.4 Å². The van der Waals surface area contributed by atoms with Crippen molar-refractivity contribution >= 4 is 11.4 Å². The first kappa shape index (κ1) is 14.4. The Hall–Kier alpha value is -2.49. The minimum atomic E-state index is -1.80. The van der Waals surface area contributed by atoms with Crippen LogP contribution in [-0.2, 0) is 0 Å². The van der Waals surface area contributed by atoms with E-state index < -0.39 is 5.79 Å². The highest BCUT2D eigenvalue weighted by Gasteiger charge is 2.22. The van der Waals surface area contributed by atoms with Gasteiger partial charge in [-0.25, -0.2) is 0 Å². The summed E-state index contributed by atoms with van der Waals surface area (Å²) in [5, 5.41) is 19.1. The van der Waals surface area contributed by atoms with Crippen molar-refractivity contribution in [1.82, 2.24) is 0 Å². The SMILES string of the molecule is O=C(c1ccccc1)c1ccccc1C1=CCC(O)(O)C=C1. The Morgan fingerprint density at radius 1 is 0.955 bits per heavy atom. The summed E-state index contributed by atoms with van der Waals surface area (Å²) < 4.78 is 0. The highest BCUT2D eigenvalue weighted by Crippen LogP contribution is 2.28. The molecule has 2 aromatic carbocycles. The molecule has 0 saturated heterocycles. The normalized spacial score (nSPS) is 16.2. The molecule has 22 heavy (non-hydrogen) atoms. The maximum atomic E-state index is 12.7. The van der Waals surface area contributed by atoms with Gasteiger partial charge in [-0.1, -0.05) is 66.7 Å². The van der Waals surface area contributed by atoms with E-state index in [1.165, 1.54) is 6.08 Å². The second kappa shape index (κ2) is 5.72. The van der Waals surface area contributed by atoms with Gasteiger partial charge in [-0.2, -0.15) is 0 Å². The van der Waals surface area contributed by atoms with Gasteiger partial charge in [0.25, 0.3) is 0 Å². The molecule has 2 N–H and O–H groups in total. The lowest BCUT2D eigenvalue weighted by Gasteiger charge is -2.21. The van der Waals surface area contributed by atoms with Crippen LogP contribution in [0, 0.1) is 0 Å². The molecule has 0 radical (unpaired) electrons. The molecule has 0 saturated carbocycles. The summed E-state index contributed by atoms with van der Waals surface area (Å²) in [6, 6.07) is 16.5. The minimum absolute atomic E-state index is 0.0460. The summed E-state index contributed by atoms with van der Waals surface area (Å²) in [5.41, 5.74) is 2.85. The fraction of sp³-hybridized carbons (Fsp3) is 0.105. The zero-order valence-electron chi connectivity index (χ0n) is 11.9. The molecule has 0 heterocycles. The van der Waals surface area contributed by atoms with Crippen molar-refractivity contribution in [3.8, 4) is 0 Å². The molecule has 110 valence electrons. The van der Waals surface area contributed by atoms with Gasteiger partial charge in [0.1, 0.15) is 0 Å². The number of ketones is 1. The summed E-state index contributed by atoms with van der Waals surface area (Å²) in [7, 11) is 0. The number of hydrogen-bond acceptors (Lipinski definition) is 3. The molecule has 0 aliphatic heterocycles. The Kier molecular flexibility index (Phi) is 3.75. The van der Waals surface area contributed by atoms with Gasteiger partial charge in [-0.3, -0.25) is 4.79 Å². The van der Waals surface area contributed by atoms with Crippen LogP contribution >= 0.6 is 0 Å². The number of hydrogen-bond donors (Lipinski definition) is 2. The molecule has 0 amide bonds. The standard InChI is InChI=1S/C19H16O3/c20-18(15-6-2-1-3-7-15)17-9-5-4-8-16(17)14-10-12-19(21,22)13-11-14/h1-12,21-22H,13H2. The third-order valence-corrected chi connectivity index (χ3v) is 3.67. The van der Waals surface area contributed by atoms with Crippen molar-refractivity contribution < 1.29 is 15.0 Å². The smallest absolute Gasteiger partial charge is 0.193 e. The molecule has 0 spiro atoms. The highest BCUT2D eigenvalue weighted by molar-refractivity contribution is 6.12. The van der Waals surface area contributed by atoms with Crippen LogP contribution < -0.4 is 0 Å². The molecule has 3 heteroatoms. The Balaban J connectivity index is 2.00. The summed E-state index contributed by atoms with van der Waals surface area (Å²) in [4.78, 5) is 12.7. The largest absolute Gasteiger partial charge is 0.362 e. The van der Waals surface area contributed by atoms with E-state index >= 15 is 0 Å². The predicted molar refractivity (Wildman–Crippen MR) is 85.2 cm³/mol. The van der Waals surface area contributed by atoms with Gasteiger partial charge in [0, 0.05) is 17.5 Å². The molecule has 0 fully saturated rings. The fourth-order valence-electron chi connectivity index (χ4n) is 2.50. The van der Waals surface area contributed by atoms with Gasteiger partial charge in [-0.15, -0.1) is 0 Å². The first-order chi connectivity index (χ1) is 10.6. The zero-order chi connectivity index (χ0) is 15.6. The second-order valence-corrected chi connectivity index (χ2v) is 5.32. The van der Waals surface area contributed by atoms with E-state index in [0.717, 1.165) is 11.1 Å². The van der Waals surface area contributed by atoms with Crippen LogP contribution in [0.25, 0.3) is 5.57 Å². The van der Waals surface area contributed by atoms with Crippen LogP contribution in [0.3, 0.4) is 0 Å². The Morgan fingerprint density at radius 2 is 1.64 bits per heavy atom. The average Bonchev–Trinajstić information content (AvgIpc) is 2.55. The molecule has 0 atom stereocenters. The monoisotopic (exact) mass is 292 g/mol. The van der Waals surface area contributed by atoms with Crippen molar-refractivity contribution in [3.63, 3.8) is 0 Å². The Morgan fingerprint density at radius 3 is 2.32 bits per heavy atom. The maximum Gasteiger partial charge on any atom is 0.193 e. The van der Waals surface area contributed by atoms with Gasteiger partial charge in [0.15, 0.2) is 11.6 Å². The van der Waals surface area contributed by atoms with E-state index in [2.05, 4.69) is 0 Å². The van der Waals surface area contributed by atoms with Gasteiger partial charge >= 0.3 is 0 Å². The highest BCUT2D eigenvalue weighted by atomic mass is 16.5. The van der Waals surface area contributed by atoms with Crippen LogP contribution in [0.15, 0.2) is 72.8 Å². The van der Waals surface area contributed by atoms with Crippen molar-refractivity contribution in [3.05, 3.63) is 89.5 Å². The summed E-state index contributed by atoms with van der Waals surface area (Å²) in [6.07, 6.45) is 4.82. The van der Waals surface area contributed by atoms with Gasteiger partial charge in [0.2, 0.25) is 0 Å². The second-order valence-electron chi connectivity index (χ2n) is 5.32. The number of allylic oxidation sites excluding steroid dienone is 2. The lowest BCUT2D eigenvalue weighted by atomic mass is 9.90. The van der Waals surface area contributed by atoms with Crippen molar-refractivity contribution in [2.45, 2.75) is 12.2 Å². The molecule has 3 rings (SSSR count). The third-order valence-electron chi connectivity index (χ3n) is 3.67. The molecule has 0 unspecified atom stereocenters. The van der Waals surface area contributed by atoms with E-state index in [-0.39, 0.29) is 12.2 Å². The minimum Gasteiger partial charge on any atom is -0.362 e. The van der Waals surface area contributed by atoms with E-state index in [1.54, 1.807) is 30.4 Å². The predicted octanol–water partition coefficient (Wildman–Crippen LogP) is 2.94. The lowest BCUT2D eigenvalue weighted by Crippen LogP contribution is -2.25. The number of benzene rings is 2. The van der Waals surface area contributed by atoms with Crippen molar-refractivity contribution in [2.24, 2.45) is 0 Å². The molecule has 0 aromatic heterocycles. The molecule has 3 nitrogen and oxygen atoms in total. The lowest BCUT2D eigenvalue weighted by molar-refractivity contribution is -0.114. The summed E-state index contributed by atoms with van der Waals surface area (Å²) in [5.74, 6) is -1.85. The van der Waals surface area contributed by atoms with Gasteiger partial charge in [0.05, 0.1) is 0 Å². The van der Waals surface area contributed by atoms with Crippen LogP contribution in [0.4, 0.5) is 0 Å². The molecule has 1 aliphatic carbocycles.